The molecule has 21 heavy (non-hydrogen) atoms. The van der Waals surface area contributed by atoms with E-state index < -0.39 is 0 Å². The molecule has 4 heteroatoms. The highest BCUT2D eigenvalue weighted by molar-refractivity contribution is 5.54. The fraction of sp³-hybridized carbons (Fsp3) is 0.706. The molecule has 0 atom stereocenters. The molecule has 118 valence electrons. The van der Waals surface area contributed by atoms with Crippen LogP contribution in [0.1, 0.15) is 52.4 Å². The largest absolute Gasteiger partial charge is 0.476 e. The standard InChI is InChI=1S/C17H29N3O/c1-3-5-11-20(12-6-4-2)16-10-9-15(18)17(19-16)21-13-14-7-8-14/h9-10,14H,3-8,11-13,18H2,1-2H3. The van der Waals surface area contributed by atoms with Crippen molar-refractivity contribution in [2.24, 2.45) is 5.92 Å². The molecule has 1 aromatic heterocycles. The van der Waals surface area contributed by atoms with Gasteiger partial charge in [-0.1, -0.05) is 26.7 Å². The van der Waals surface area contributed by atoms with Gasteiger partial charge in [0, 0.05) is 13.1 Å². The lowest BCUT2D eigenvalue weighted by Gasteiger charge is -2.24. The van der Waals surface area contributed by atoms with E-state index in [0.717, 1.165) is 25.5 Å². The van der Waals surface area contributed by atoms with Crippen molar-refractivity contribution >= 4 is 11.5 Å². The van der Waals surface area contributed by atoms with E-state index >= 15 is 0 Å². The summed E-state index contributed by atoms with van der Waals surface area (Å²) in [6, 6.07) is 3.94. The average Bonchev–Trinajstić information content (AvgIpc) is 3.31. The van der Waals surface area contributed by atoms with Crippen molar-refractivity contribution in [2.45, 2.75) is 52.4 Å². The van der Waals surface area contributed by atoms with Crippen LogP contribution in [0.5, 0.6) is 5.88 Å². The average molecular weight is 291 g/mol. The first-order valence-electron chi connectivity index (χ1n) is 8.38. The van der Waals surface area contributed by atoms with Gasteiger partial charge < -0.3 is 15.4 Å². The molecular formula is C17H29N3O. The molecule has 2 rings (SSSR count). The first-order chi connectivity index (χ1) is 10.2. The van der Waals surface area contributed by atoms with Gasteiger partial charge in [0.15, 0.2) is 0 Å². The number of nitrogen functional groups attached to an aromatic ring is 1. The van der Waals surface area contributed by atoms with Crippen LogP contribution in [0.15, 0.2) is 12.1 Å². The van der Waals surface area contributed by atoms with Crippen LogP contribution in [0.3, 0.4) is 0 Å². The first kappa shape index (κ1) is 15.9. The van der Waals surface area contributed by atoms with Crippen LogP contribution in [-0.4, -0.2) is 24.7 Å². The predicted molar refractivity (Wildman–Crippen MR) is 88.9 cm³/mol. The lowest BCUT2D eigenvalue weighted by molar-refractivity contribution is 0.290. The number of aromatic nitrogens is 1. The SMILES string of the molecule is CCCCN(CCCC)c1ccc(N)c(OCC2CC2)n1. The molecule has 0 aliphatic heterocycles. The maximum absolute atomic E-state index is 5.99. The van der Waals surface area contributed by atoms with Crippen molar-refractivity contribution in [3.63, 3.8) is 0 Å². The fourth-order valence-electron chi connectivity index (χ4n) is 2.25. The Morgan fingerprint density at radius 2 is 1.86 bits per heavy atom. The first-order valence-corrected chi connectivity index (χ1v) is 8.38. The summed E-state index contributed by atoms with van der Waals surface area (Å²) in [6.07, 6.45) is 7.32. The van der Waals surface area contributed by atoms with Gasteiger partial charge in [-0.3, -0.25) is 0 Å². The third-order valence-corrected chi connectivity index (χ3v) is 3.91. The molecule has 2 N–H and O–H groups in total. The topological polar surface area (TPSA) is 51.4 Å². The van der Waals surface area contributed by atoms with Gasteiger partial charge in [-0.2, -0.15) is 4.98 Å². The van der Waals surface area contributed by atoms with Gasteiger partial charge >= 0.3 is 0 Å². The van der Waals surface area contributed by atoms with Crippen LogP contribution < -0.4 is 15.4 Å². The zero-order valence-electron chi connectivity index (χ0n) is 13.5. The molecule has 1 aliphatic carbocycles. The number of pyridine rings is 1. The van der Waals surface area contributed by atoms with Crippen LogP contribution in [0.25, 0.3) is 0 Å². The Kier molecular flexibility index (Phi) is 6.15. The molecule has 1 aliphatic rings. The van der Waals surface area contributed by atoms with Gasteiger partial charge in [-0.05, 0) is 43.7 Å². The highest BCUT2D eigenvalue weighted by Gasteiger charge is 2.22. The van der Waals surface area contributed by atoms with Crippen LogP contribution in [0.2, 0.25) is 0 Å². The molecule has 4 nitrogen and oxygen atoms in total. The summed E-state index contributed by atoms with van der Waals surface area (Å²) < 4.78 is 5.80. The predicted octanol–water partition coefficient (Wildman–Crippen LogP) is 3.86. The number of ether oxygens (including phenoxy) is 1. The Morgan fingerprint density at radius 1 is 1.19 bits per heavy atom. The molecule has 1 fully saturated rings. The Labute approximate surface area is 128 Å². The van der Waals surface area contributed by atoms with Crippen LogP contribution in [-0.2, 0) is 0 Å². The molecule has 1 aromatic rings. The van der Waals surface area contributed by atoms with Crippen molar-refractivity contribution in [3.05, 3.63) is 12.1 Å². The van der Waals surface area contributed by atoms with E-state index in [2.05, 4.69) is 23.7 Å². The summed E-state index contributed by atoms with van der Waals surface area (Å²) in [5.41, 5.74) is 6.63. The number of anilines is 2. The van der Waals surface area contributed by atoms with Gasteiger partial charge in [0.2, 0.25) is 5.88 Å². The van der Waals surface area contributed by atoms with Gasteiger partial charge in [0.05, 0.1) is 12.3 Å². The summed E-state index contributed by atoms with van der Waals surface area (Å²) in [6.45, 7) is 7.30. The molecule has 0 amide bonds. The van der Waals surface area contributed by atoms with Crippen molar-refractivity contribution in [1.29, 1.82) is 0 Å². The summed E-state index contributed by atoms with van der Waals surface area (Å²) in [5.74, 6) is 2.32. The molecule has 1 saturated carbocycles. The van der Waals surface area contributed by atoms with E-state index in [4.69, 9.17) is 10.5 Å². The number of nitrogens with two attached hydrogens (primary N) is 1. The van der Waals surface area contributed by atoms with Crippen molar-refractivity contribution < 1.29 is 4.74 Å². The lowest BCUT2D eigenvalue weighted by Crippen LogP contribution is -2.26. The van der Waals surface area contributed by atoms with Crippen molar-refractivity contribution in [1.82, 2.24) is 4.98 Å². The highest BCUT2D eigenvalue weighted by atomic mass is 16.5. The molecule has 0 bridgehead atoms. The molecule has 1 heterocycles. The maximum atomic E-state index is 5.99. The Bertz CT molecular complexity index is 424. The number of hydrogen-bond donors (Lipinski definition) is 1. The molecule has 0 spiro atoms. The minimum Gasteiger partial charge on any atom is -0.476 e. The van der Waals surface area contributed by atoms with Crippen molar-refractivity contribution in [3.8, 4) is 5.88 Å². The molecular weight excluding hydrogens is 262 g/mol. The van der Waals surface area contributed by atoms with Gasteiger partial charge in [0.25, 0.3) is 0 Å². The zero-order chi connectivity index (χ0) is 15.1. The van der Waals surface area contributed by atoms with Crippen LogP contribution in [0.4, 0.5) is 11.5 Å². The summed E-state index contributed by atoms with van der Waals surface area (Å²) in [4.78, 5) is 7.01. The lowest BCUT2D eigenvalue weighted by atomic mass is 10.2. The smallest absolute Gasteiger partial charge is 0.239 e. The zero-order valence-corrected chi connectivity index (χ0v) is 13.5. The Morgan fingerprint density at radius 3 is 2.43 bits per heavy atom. The second-order valence-corrected chi connectivity index (χ2v) is 6.01. The highest BCUT2D eigenvalue weighted by Crippen LogP contribution is 2.31. The van der Waals surface area contributed by atoms with E-state index in [9.17, 15) is 0 Å². The molecule has 0 aromatic carbocycles. The number of nitrogens with zero attached hydrogens (tertiary/aromatic N) is 2. The van der Waals surface area contributed by atoms with Gasteiger partial charge in [-0.15, -0.1) is 0 Å². The number of unbranched alkanes of at least 4 members (excludes halogenated alkanes) is 2. The van der Waals surface area contributed by atoms with E-state index in [-0.39, 0.29) is 0 Å². The van der Waals surface area contributed by atoms with E-state index in [0.29, 0.717) is 17.5 Å². The summed E-state index contributed by atoms with van der Waals surface area (Å²) >= 11 is 0. The maximum Gasteiger partial charge on any atom is 0.239 e. The van der Waals surface area contributed by atoms with Crippen molar-refractivity contribution in [2.75, 3.05) is 30.3 Å². The molecule has 0 radical (unpaired) electrons. The van der Waals surface area contributed by atoms with E-state index in [1.54, 1.807) is 0 Å². The quantitative estimate of drug-likeness (QED) is 0.711. The van der Waals surface area contributed by atoms with Gasteiger partial charge in [0.1, 0.15) is 5.82 Å². The molecule has 0 unspecified atom stereocenters. The third-order valence-electron chi connectivity index (χ3n) is 3.91. The van der Waals surface area contributed by atoms with Crippen LogP contribution in [0, 0.1) is 5.92 Å². The van der Waals surface area contributed by atoms with Crippen LogP contribution >= 0.6 is 0 Å². The Balaban J connectivity index is 2.04. The van der Waals surface area contributed by atoms with Gasteiger partial charge in [-0.25, -0.2) is 0 Å². The third kappa shape index (κ3) is 5.10. The minimum absolute atomic E-state index is 0.609. The fourth-order valence-corrected chi connectivity index (χ4v) is 2.25. The monoisotopic (exact) mass is 291 g/mol. The summed E-state index contributed by atoms with van der Waals surface area (Å²) in [5, 5.41) is 0. The van der Waals surface area contributed by atoms with E-state index in [1.165, 1.54) is 38.5 Å². The normalized spacial score (nSPS) is 14.2. The second-order valence-electron chi connectivity index (χ2n) is 6.01. The number of rotatable bonds is 10. The van der Waals surface area contributed by atoms with E-state index in [1.807, 2.05) is 12.1 Å². The summed E-state index contributed by atoms with van der Waals surface area (Å²) in [7, 11) is 0. The second kappa shape index (κ2) is 8.11. The Hall–Kier alpha value is -1.45. The minimum atomic E-state index is 0.609. The molecule has 0 saturated heterocycles. The number of hydrogen-bond acceptors (Lipinski definition) is 4.